The van der Waals surface area contributed by atoms with Gasteiger partial charge >= 0.3 is 114 Å². The molecule has 0 aliphatic carbocycles. The van der Waals surface area contributed by atoms with Gasteiger partial charge in [0.1, 0.15) is 0 Å². The Balaban J connectivity index is 0. The SMILES string of the molecule is CC(C)(C)P([Te])C(C)(C)C.[CH3][Sn]([CH3])[CH3]. The van der Waals surface area contributed by atoms with Crippen molar-refractivity contribution in [2.75, 3.05) is 0 Å². The van der Waals surface area contributed by atoms with E-state index in [0.29, 0.717) is 10.3 Å². The molecule has 0 aliphatic heterocycles. The molecule has 0 N–H and O–H groups in total. The first-order valence-corrected chi connectivity index (χ1v) is 18.1. The molecule has 0 aromatic carbocycles. The van der Waals surface area contributed by atoms with E-state index in [-0.39, 0.29) is 5.61 Å². The van der Waals surface area contributed by atoms with Crippen LogP contribution in [0.2, 0.25) is 14.8 Å². The summed E-state index contributed by atoms with van der Waals surface area (Å²) in [4.78, 5) is 7.09. The average molecular weight is 437 g/mol. The first kappa shape index (κ1) is 18.4. The van der Waals surface area contributed by atoms with Gasteiger partial charge < -0.3 is 0 Å². The molecule has 14 heavy (non-hydrogen) atoms. The van der Waals surface area contributed by atoms with Crippen molar-refractivity contribution in [3.05, 3.63) is 0 Å². The van der Waals surface area contributed by atoms with Gasteiger partial charge in [0, 0.05) is 0 Å². The fourth-order valence-electron chi connectivity index (χ4n) is 1.01. The van der Waals surface area contributed by atoms with Gasteiger partial charge in [-0.3, -0.25) is 0 Å². The van der Waals surface area contributed by atoms with Crippen molar-refractivity contribution < 1.29 is 0 Å². The summed E-state index contributed by atoms with van der Waals surface area (Å²) in [5, 5.41) is 1.02. The second kappa shape index (κ2) is 7.36. The minimum atomic E-state index is -0.543. The van der Waals surface area contributed by atoms with Crippen molar-refractivity contribution in [3.8, 4) is 0 Å². The fraction of sp³-hybridized carbons (Fsp3) is 1.00. The molecular weight excluding hydrogens is 409 g/mol. The Kier molecular flexibility index (Phi) is 9.67. The molecule has 0 bridgehead atoms. The van der Waals surface area contributed by atoms with Gasteiger partial charge in [0.05, 0.1) is 0 Å². The molecule has 0 heterocycles. The van der Waals surface area contributed by atoms with Gasteiger partial charge in [0.2, 0.25) is 0 Å². The molecule has 0 aromatic rings. The average Bonchev–Trinajstić information content (AvgIpc) is 1.80. The van der Waals surface area contributed by atoms with E-state index in [1.165, 1.54) is 0 Å². The van der Waals surface area contributed by atoms with Gasteiger partial charge in [0.25, 0.3) is 0 Å². The van der Waals surface area contributed by atoms with Crippen LogP contribution < -0.4 is 0 Å². The van der Waals surface area contributed by atoms with E-state index in [1.807, 2.05) is 0 Å². The van der Waals surface area contributed by atoms with Gasteiger partial charge in [-0.15, -0.1) is 0 Å². The van der Waals surface area contributed by atoms with Crippen molar-refractivity contribution in [2.45, 2.75) is 66.7 Å². The van der Waals surface area contributed by atoms with Crippen LogP contribution >= 0.6 is 5.61 Å². The predicted octanol–water partition coefficient (Wildman–Crippen LogP) is 4.52. The Morgan fingerprint density at radius 2 is 0.929 bits per heavy atom. The zero-order valence-electron chi connectivity index (χ0n) is 11.4. The monoisotopic (exact) mass is 440 g/mol. The van der Waals surface area contributed by atoms with Gasteiger partial charge in [0.15, 0.2) is 0 Å². The summed E-state index contributed by atoms with van der Waals surface area (Å²) in [6, 6.07) is 0. The molecular formula is C11H27PSnTe. The number of hydrogen-bond acceptors (Lipinski definition) is 0. The summed E-state index contributed by atoms with van der Waals surface area (Å²) in [6.07, 6.45) is 0. The molecule has 2 radical (unpaired) electrons. The van der Waals surface area contributed by atoms with Gasteiger partial charge in [-0.25, -0.2) is 0 Å². The second-order valence-corrected chi connectivity index (χ2v) is 21.1. The fourth-order valence-corrected chi connectivity index (χ4v) is 3.02. The van der Waals surface area contributed by atoms with E-state index in [1.54, 1.807) is 0 Å². The van der Waals surface area contributed by atoms with E-state index in [4.69, 9.17) is 0 Å². The number of rotatable bonds is 0. The van der Waals surface area contributed by atoms with Crippen LogP contribution in [-0.2, 0) is 0 Å². The molecule has 3 heteroatoms. The Labute approximate surface area is 113 Å². The summed E-state index contributed by atoms with van der Waals surface area (Å²) < 4.78 is 0. The third-order valence-corrected chi connectivity index (χ3v) is 13.0. The van der Waals surface area contributed by atoms with Gasteiger partial charge in [-0.1, -0.05) is 0 Å². The predicted molar refractivity (Wildman–Crippen MR) is 75.5 cm³/mol. The second-order valence-electron chi connectivity index (χ2n) is 6.14. The van der Waals surface area contributed by atoms with Crippen molar-refractivity contribution in [3.63, 3.8) is 0 Å². The Morgan fingerprint density at radius 3 is 0.929 bits per heavy atom. The standard InChI is InChI=1S/C8H18PTe.3CH3.Sn/c1-7(2,3)9(10)8(4,5)6;;;;/h1-6H3;3*1H3;. The van der Waals surface area contributed by atoms with Crippen LogP contribution in [0.3, 0.4) is 0 Å². The molecule has 0 atom stereocenters. The van der Waals surface area contributed by atoms with Crippen LogP contribution in [0.15, 0.2) is 0 Å². The topological polar surface area (TPSA) is 0 Å². The molecule has 0 amide bonds. The molecule has 0 nitrogen and oxygen atoms in total. The Hall–Kier alpha value is 2.02. The van der Waals surface area contributed by atoms with Gasteiger partial charge in [-0.05, 0) is 0 Å². The van der Waals surface area contributed by atoms with Crippen molar-refractivity contribution in [1.29, 1.82) is 0 Å². The van der Waals surface area contributed by atoms with E-state index >= 15 is 0 Å². The van der Waals surface area contributed by atoms with Crippen molar-refractivity contribution in [1.82, 2.24) is 0 Å². The van der Waals surface area contributed by atoms with Crippen LogP contribution in [0.25, 0.3) is 0 Å². The first-order valence-electron chi connectivity index (χ1n) is 5.13. The summed E-state index contributed by atoms with van der Waals surface area (Å²) in [6.45, 7) is 14.0. The molecule has 0 aromatic heterocycles. The third-order valence-electron chi connectivity index (χ3n) is 1.22. The van der Waals surface area contributed by atoms with Crippen LogP contribution in [0.4, 0.5) is 0 Å². The van der Waals surface area contributed by atoms with Crippen LogP contribution in [-0.4, -0.2) is 51.8 Å². The first-order chi connectivity index (χ1) is 5.89. The third kappa shape index (κ3) is 12.1. The molecule has 0 fully saturated rings. The zero-order valence-corrected chi connectivity index (χ0v) is 17.4. The maximum absolute atomic E-state index is 2.36. The van der Waals surface area contributed by atoms with Crippen LogP contribution in [0.1, 0.15) is 41.5 Å². The zero-order chi connectivity index (χ0) is 12.2. The molecule has 0 saturated carbocycles. The van der Waals surface area contributed by atoms with Crippen LogP contribution in [0.5, 0.6) is 0 Å². The molecule has 0 spiro atoms. The quantitative estimate of drug-likeness (QED) is 0.387. The van der Waals surface area contributed by atoms with Crippen LogP contribution in [0, 0.1) is 0 Å². The molecule has 0 unspecified atom stereocenters. The normalized spacial score (nSPS) is 12.9. The maximum atomic E-state index is 2.36. The molecule has 0 aliphatic rings. The van der Waals surface area contributed by atoms with Gasteiger partial charge in [-0.2, -0.15) is 0 Å². The van der Waals surface area contributed by atoms with Crippen molar-refractivity contribution >= 4 is 47.1 Å². The number of hydrogen-bond donors (Lipinski definition) is 0. The summed E-state index contributed by atoms with van der Waals surface area (Å²) >= 11 is 1.78. The Bertz CT molecular complexity index is 128. The summed E-state index contributed by atoms with van der Waals surface area (Å²) in [5.41, 5.74) is 0.147. The van der Waals surface area contributed by atoms with E-state index in [2.05, 4.69) is 78.1 Å². The summed E-state index contributed by atoms with van der Waals surface area (Å²) in [5.74, 6) is 0. The van der Waals surface area contributed by atoms with Crippen molar-refractivity contribution in [2.24, 2.45) is 0 Å². The van der Waals surface area contributed by atoms with E-state index in [9.17, 15) is 0 Å². The minimum absolute atomic E-state index is 0.147. The molecule has 86 valence electrons. The summed E-state index contributed by atoms with van der Waals surface area (Å²) in [7, 11) is 0. The Morgan fingerprint density at radius 1 is 0.786 bits per heavy atom. The van der Waals surface area contributed by atoms with E-state index < -0.39 is 19.8 Å². The van der Waals surface area contributed by atoms with E-state index in [0.717, 1.165) is 0 Å². The molecule has 0 saturated heterocycles. The molecule has 0 rings (SSSR count).